The van der Waals surface area contributed by atoms with Crippen molar-refractivity contribution in [2.24, 2.45) is 0 Å². The first-order chi connectivity index (χ1) is 5.27. The van der Waals surface area contributed by atoms with E-state index in [4.69, 9.17) is 0 Å². The molecule has 1 heterocycles. The van der Waals surface area contributed by atoms with Gasteiger partial charge in [-0.2, -0.15) is 0 Å². The molecule has 4 heteroatoms. The number of hydrogen-bond donors (Lipinski definition) is 2. The van der Waals surface area contributed by atoms with Crippen LogP contribution in [0.4, 0.5) is 4.79 Å². The van der Waals surface area contributed by atoms with E-state index in [9.17, 15) is 9.59 Å². The molecule has 0 bridgehead atoms. The van der Waals surface area contributed by atoms with E-state index in [1.54, 1.807) is 18.2 Å². The SMILES string of the molecule is O=C1NC(=O)C2=CC=CC2N1. The quantitative estimate of drug-likeness (QED) is 0.497. The Morgan fingerprint density at radius 1 is 1.36 bits per heavy atom. The molecule has 0 aromatic rings. The van der Waals surface area contributed by atoms with Crippen LogP contribution in [0.25, 0.3) is 0 Å². The van der Waals surface area contributed by atoms with Crippen LogP contribution in [0.1, 0.15) is 0 Å². The molecule has 0 radical (unpaired) electrons. The minimum Gasteiger partial charge on any atom is -0.327 e. The molecule has 0 aromatic carbocycles. The Balaban J connectivity index is 2.31. The molecular weight excluding hydrogens is 144 g/mol. The van der Waals surface area contributed by atoms with E-state index in [0.717, 1.165) is 0 Å². The van der Waals surface area contributed by atoms with Crippen molar-refractivity contribution in [2.75, 3.05) is 0 Å². The summed E-state index contributed by atoms with van der Waals surface area (Å²) in [5.41, 5.74) is 0.601. The Morgan fingerprint density at radius 2 is 2.18 bits per heavy atom. The summed E-state index contributed by atoms with van der Waals surface area (Å²) in [6, 6.07) is -0.639. The molecule has 56 valence electrons. The van der Waals surface area contributed by atoms with Crippen LogP contribution >= 0.6 is 0 Å². The maximum absolute atomic E-state index is 11.0. The molecule has 2 aliphatic rings. The maximum atomic E-state index is 11.0. The molecule has 11 heavy (non-hydrogen) atoms. The van der Waals surface area contributed by atoms with Gasteiger partial charge in [0.25, 0.3) is 5.91 Å². The zero-order valence-corrected chi connectivity index (χ0v) is 5.63. The Bertz CT molecular complexity index is 291. The molecule has 0 saturated carbocycles. The third kappa shape index (κ3) is 0.832. The van der Waals surface area contributed by atoms with Crippen LogP contribution in [0, 0.1) is 0 Å². The van der Waals surface area contributed by atoms with Gasteiger partial charge in [0.1, 0.15) is 0 Å². The van der Waals surface area contributed by atoms with E-state index < -0.39 is 6.03 Å². The number of carbonyl (C=O) groups excluding carboxylic acids is 2. The van der Waals surface area contributed by atoms with Crippen molar-refractivity contribution in [1.29, 1.82) is 0 Å². The van der Waals surface area contributed by atoms with Gasteiger partial charge >= 0.3 is 6.03 Å². The van der Waals surface area contributed by atoms with Gasteiger partial charge in [0.15, 0.2) is 0 Å². The number of imide groups is 1. The lowest BCUT2D eigenvalue weighted by molar-refractivity contribution is -0.117. The fourth-order valence-corrected chi connectivity index (χ4v) is 1.17. The lowest BCUT2D eigenvalue weighted by atomic mass is 10.1. The molecule has 1 aliphatic carbocycles. The van der Waals surface area contributed by atoms with Crippen molar-refractivity contribution in [3.05, 3.63) is 23.8 Å². The molecule has 1 fully saturated rings. The number of urea groups is 1. The summed E-state index contributed by atoms with van der Waals surface area (Å²) in [5, 5.41) is 4.74. The van der Waals surface area contributed by atoms with Crippen molar-refractivity contribution in [2.45, 2.75) is 6.04 Å². The van der Waals surface area contributed by atoms with Gasteiger partial charge < -0.3 is 5.32 Å². The molecule has 1 unspecified atom stereocenters. The van der Waals surface area contributed by atoms with Crippen LogP contribution < -0.4 is 10.6 Å². The van der Waals surface area contributed by atoms with Crippen molar-refractivity contribution in [3.63, 3.8) is 0 Å². The second-order valence-corrected chi connectivity index (χ2v) is 2.41. The highest BCUT2D eigenvalue weighted by molar-refractivity contribution is 6.08. The number of carbonyl (C=O) groups is 2. The van der Waals surface area contributed by atoms with Crippen molar-refractivity contribution >= 4 is 11.9 Å². The Morgan fingerprint density at radius 3 is 3.00 bits per heavy atom. The van der Waals surface area contributed by atoms with Crippen LogP contribution in [0.15, 0.2) is 23.8 Å². The topological polar surface area (TPSA) is 58.2 Å². The smallest absolute Gasteiger partial charge is 0.322 e. The van der Waals surface area contributed by atoms with E-state index in [2.05, 4.69) is 10.6 Å². The lowest BCUT2D eigenvalue weighted by Gasteiger charge is -2.20. The summed E-state index contributed by atoms with van der Waals surface area (Å²) in [5.74, 6) is -0.302. The Labute approximate surface area is 63.0 Å². The number of allylic oxidation sites excluding steroid dienone is 2. The van der Waals surface area contributed by atoms with Crippen molar-refractivity contribution in [1.82, 2.24) is 10.6 Å². The minimum absolute atomic E-state index is 0.212. The van der Waals surface area contributed by atoms with Gasteiger partial charge in [0, 0.05) is 5.57 Å². The summed E-state index contributed by atoms with van der Waals surface area (Å²) < 4.78 is 0. The van der Waals surface area contributed by atoms with Gasteiger partial charge in [-0.25, -0.2) is 4.79 Å². The maximum Gasteiger partial charge on any atom is 0.322 e. The number of rotatable bonds is 0. The van der Waals surface area contributed by atoms with Crippen LogP contribution in [-0.2, 0) is 4.79 Å². The van der Waals surface area contributed by atoms with Crippen molar-refractivity contribution < 1.29 is 9.59 Å². The number of fused-ring (bicyclic) bond motifs is 1. The van der Waals surface area contributed by atoms with Gasteiger partial charge in [-0.1, -0.05) is 18.2 Å². The summed E-state index contributed by atoms with van der Waals surface area (Å²) >= 11 is 0. The van der Waals surface area contributed by atoms with Crippen LogP contribution in [0.5, 0.6) is 0 Å². The zero-order chi connectivity index (χ0) is 7.84. The first-order valence-electron chi connectivity index (χ1n) is 3.27. The number of amides is 3. The standard InChI is InChI=1S/C7H6N2O2/c10-6-4-2-1-3-5(4)8-7(11)9-6/h1-3,5H,(H2,8,9,10,11). The number of hydrogen-bond acceptors (Lipinski definition) is 2. The lowest BCUT2D eigenvalue weighted by Crippen LogP contribution is -2.52. The van der Waals surface area contributed by atoms with Gasteiger partial charge in [0.05, 0.1) is 6.04 Å². The molecule has 1 aliphatic heterocycles. The largest absolute Gasteiger partial charge is 0.327 e. The summed E-state index contributed by atoms with van der Waals surface area (Å²) in [6.07, 6.45) is 5.22. The van der Waals surface area contributed by atoms with E-state index in [1.165, 1.54) is 0 Å². The Kier molecular flexibility index (Phi) is 1.09. The zero-order valence-electron chi connectivity index (χ0n) is 5.63. The first-order valence-corrected chi connectivity index (χ1v) is 3.27. The number of nitrogens with one attached hydrogen (secondary N) is 2. The second kappa shape index (κ2) is 1.95. The van der Waals surface area contributed by atoms with Crippen molar-refractivity contribution in [3.8, 4) is 0 Å². The monoisotopic (exact) mass is 150 g/mol. The third-order valence-corrected chi connectivity index (χ3v) is 1.69. The molecule has 1 saturated heterocycles. The van der Waals surface area contributed by atoms with E-state index >= 15 is 0 Å². The summed E-state index contributed by atoms with van der Waals surface area (Å²) in [7, 11) is 0. The molecule has 0 spiro atoms. The highest BCUT2D eigenvalue weighted by atomic mass is 16.2. The molecule has 2 N–H and O–H groups in total. The molecule has 3 amide bonds. The fourth-order valence-electron chi connectivity index (χ4n) is 1.17. The average molecular weight is 150 g/mol. The predicted octanol–water partition coefficient (Wildman–Crippen LogP) is -0.309. The van der Waals surface area contributed by atoms with E-state index in [1.807, 2.05) is 0 Å². The first kappa shape index (κ1) is 6.15. The molecule has 4 nitrogen and oxygen atoms in total. The Hall–Kier alpha value is -1.58. The minimum atomic E-state index is -0.427. The van der Waals surface area contributed by atoms with Crippen LogP contribution in [-0.4, -0.2) is 18.0 Å². The van der Waals surface area contributed by atoms with E-state index in [-0.39, 0.29) is 11.9 Å². The van der Waals surface area contributed by atoms with Crippen LogP contribution in [0.3, 0.4) is 0 Å². The highest BCUT2D eigenvalue weighted by Gasteiger charge is 2.28. The molecule has 2 rings (SSSR count). The fraction of sp³-hybridized carbons (Fsp3) is 0.143. The second-order valence-electron chi connectivity index (χ2n) is 2.41. The van der Waals surface area contributed by atoms with Gasteiger partial charge in [-0.15, -0.1) is 0 Å². The third-order valence-electron chi connectivity index (χ3n) is 1.69. The van der Waals surface area contributed by atoms with Gasteiger partial charge in [0.2, 0.25) is 0 Å². The summed E-state index contributed by atoms with van der Waals surface area (Å²) in [6.45, 7) is 0. The molecule has 0 aromatic heterocycles. The van der Waals surface area contributed by atoms with Gasteiger partial charge in [-0.05, 0) is 0 Å². The highest BCUT2D eigenvalue weighted by Crippen LogP contribution is 2.14. The normalized spacial score (nSPS) is 27.3. The van der Waals surface area contributed by atoms with Crippen LogP contribution in [0.2, 0.25) is 0 Å². The molecule has 1 atom stereocenters. The summed E-state index contributed by atoms with van der Waals surface area (Å²) in [4.78, 5) is 21.7. The van der Waals surface area contributed by atoms with E-state index in [0.29, 0.717) is 5.57 Å². The molecular formula is C7H6N2O2. The predicted molar refractivity (Wildman–Crippen MR) is 37.7 cm³/mol. The average Bonchev–Trinajstić information content (AvgIpc) is 2.34. The van der Waals surface area contributed by atoms with Gasteiger partial charge in [-0.3, -0.25) is 10.1 Å².